The minimum absolute atomic E-state index is 0.215. The number of halogens is 5. The van der Waals surface area contributed by atoms with Gasteiger partial charge in [0, 0.05) is 0 Å². The Kier molecular flexibility index (Phi) is 1.85. The molecule has 0 saturated carbocycles. The summed E-state index contributed by atoms with van der Waals surface area (Å²) in [6.45, 7) is 0.215. The fraction of sp³-hybridized carbons (Fsp3) is 1.00. The van der Waals surface area contributed by atoms with E-state index in [0.29, 0.717) is 0 Å². The molecule has 0 bridgehead atoms. The first-order valence-electron chi connectivity index (χ1n) is 1.49. The third kappa shape index (κ3) is 2.73. The molecular formula is CH3F5P2. The van der Waals surface area contributed by atoms with Gasteiger partial charge in [0.25, 0.3) is 0 Å². The maximum absolute atomic E-state index is 11.2. The summed E-state index contributed by atoms with van der Waals surface area (Å²) in [6, 6.07) is 0. The zero-order chi connectivity index (χ0) is 7.02. The molecule has 0 amide bonds. The SMILES string of the molecule is CP(F)P(F)(F)(F)F. The molecule has 0 aromatic heterocycles. The van der Waals surface area contributed by atoms with Crippen molar-refractivity contribution >= 4 is 15.5 Å². The first-order chi connectivity index (χ1) is 3.20. The summed E-state index contributed by atoms with van der Waals surface area (Å²) < 4.78 is 55.1. The van der Waals surface area contributed by atoms with Crippen molar-refractivity contribution in [3.05, 3.63) is 0 Å². The van der Waals surface area contributed by atoms with Crippen LogP contribution in [0.4, 0.5) is 21.0 Å². The molecule has 7 heteroatoms. The van der Waals surface area contributed by atoms with E-state index in [2.05, 4.69) is 0 Å². The van der Waals surface area contributed by atoms with Crippen LogP contribution in [0.25, 0.3) is 0 Å². The van der Waals surface area contributed by atoms with E-state index in [1.807, 2.05) is 0 Å². The fourth-order valence-electron chi connectivity index (χ4n) is 0. The van der Waals surface area contributed by atoms with Crippen LogP contribution in [0.1, 0.15) is 0 Å². The van der Waals surface area contributed by atoms with Crippen LogP contribution < -0.4 is 0 Å². The van der Waals surface area contributed by atoms with E-state index in [1.54, 1.807) is 0 Å². The first kappa shape index (κ1) is 8.51. The molecule has 0 aromatic carbocycles. The maximum atomic E-state index is 11.2. The predicted octanol–water partition coefficient (Wildman–Crippen LogP) is 3.99. The van der Waals surface area contributed by atoms with Gasteiger partial charge in [-0.15, -0.1) is 0 Å². The molecule has 0 fully saturated rings. The van der Waals surface area contributed by atoms with Crippen LogP contribution in [0.15, 0.2) is 0 Å². The Morgan fingerprint density at radius 3 is 1.25 bits per heavy atom. The van der Waals surface area contributed by atoms with Crippen LogP contribution in [0.5, 0.6) is 0 Å². The summed E-state index contributed by atoms with van der Waals surface area (Å²) in [6.07, 6.45) is 0. The van der Waals surface area contributed by atoms with Crippen LogP contribution in [-0.2, 0) is 0 Å². The topological polar surface area (TPSA) is 0 Å². The quantitative estimate of drug-likeness (QED) is 0.414. The molecule has 0 N–H and O–H groups in total. The molecule has 0 aliphatic carbocycles. The molecule has 0 aliphatic rings. The Balaban J connectivity index is 4.14. The number of hydrogen-bond donors (Lipinski definition) is 0. The Morgan fingerprint density at radius 1 is 1.12 bits per heavy atom. The van der Waals surface area contributed by atoms with Gasteiger partial charge in [-0.3, -0.25) is 0 Å². The Bertz CT molecular complexity index is 81.1. The van der Waals surface area contributed by atoms with Gasteiger partial charge in [-0.1, -0.05) is 0 Å². The van der Waals surface area contributed by atoms with Crippen molar-refractivity contribution < 1.29 is 21.0 Å². The molecule has 0 nitrogen and oxygen atoms in total. The summed E-state index contributed by atoms with van der Waals surface area (Å²) in [5.74, 6) is 0. The van der Waals surface area contributed by atoms with Gasteiger partial charge in [-0.25, -0.2) is 0 Å². The molecule has 0 radical (unpaired) electrons. The monoisotopic (exact) mass is 172 g/mol. The van der Waals surface area contributed by atoms with Crippen molar-refractivity contribution in [1.29, 1.82) is 0 Å². The van der Waals surface area contributed by atoms with Gasteiger partial charge in [0.15, 0.2) is 0 Å². The van der Waals surface area contributed by atoms with E-state index in [4.69, 9.17) is 0 Å². The fourth-order valence-corrected chi connectivity index (χ4v) is 0. The van der Waals surface area contributed by atoms with E-state index in [1.165, 1.54) is 0 Å². The Labute approximate surface area is 44.2 Å². The second kappa shape index (κ2) is 1.74. The molecular weight excluding hydrogens is 169 g/mol. The molecule has 1 unspecified atom stereocenters. The molecule has 0 spiro atoms. The van der Waals surface area contributed by atoms with Gasteiger partial charge in [-0.05, 0) is 0 Å². The molecule has 0 aliphatic heterocycles. The molecule has 8 heavy (non-hydrogen) atoms. The van der Waals surface area contributed by atoms with Crippen LogP contribution in [0.3, 0.4) is 0 Å². The van der Waals surface area contributed by atoms with Crippen molar-refractivity contribution in [2.45, 2.75) is 0 Å². The van der Waals surface area contributed by atoms with Crippen LogP contribution in [-0.4, -0.2) is 6.66 Å². The Morgan fingerprint density at radius 2 is 1.25 bits per heavy atom. The average Bonchev–Trinajstić information content (AvgIpc) is 1.27. The second-order valence-electron chi connectivity index (χ2n) is 1.13. The summed E-state index contributed by atoms with van der Waals surface area (Å²) in [4.78, 5) is 0. The van der Waals surface area contributed by atoms with Gasteiger partial charge < -0.3 is 0 Å². The summed E-state index contributed by atoms with van der Waals surface area (Å²) in [5.41, 5.74) is 0. The van der Waals surface area contributed by atoms with Crippen molar-refractivity contribution in [3.63, 3.8) is 0 Å². The van der Waals surface area contributed by atoms with E-state index in [0.717, 1.165) is 0 Å². The van der Waals surface area contributed by atoms with Gasteiger partial charge in [0.1, 0.15) is 0 Å². The molecule has 0 aromatic rings. The molecule has 0 heterocycles. The van der Waals surface area contributed by atoms with Crippen molar-refractivity contribution in [3.8, 4) is 0 Å². The summed E-state index contributed by atoms with van der Waals surface area (Å²) in [7, 11) is -11.6. The van der Waals surface area contributed by atoms with E-state index in [-0.39, 0.29) is 6.66 Å². The first-order valence-corrected chi connectivity index (χ1v) is 5.68. The summed E-state index contributed by atoms with van der Waals surface area (Å²) in [5, 5.41) is 0. The normalized spacial score (nSPS) is 21.5. The van der Waals surface area contributed by atoms with Gasteiger partial charge in [0.05, 0.1) is 0 Å². The Hall–Kier alpha value is 0.510. The van der Waals surface area contributed by atoms with Crippen molar-refractivity contribution in [1.82, 2.24) is 0 Å². The minimum atomic E-state index is -7.79. The second-order valence-corrected chi connectivity index (χ2v) is 6.86. The third-order valence-corrected chi connectivity index (χ3v) is 3.75. The van der Waals surface area contributed by atoms with E-state index < -0.39 is 15.5 Å². The van der Waals surface area contributed by atoms with Crippen LogP contribution >= 0.6 is 15.5 Å². The summed E-state index contributed by atoms with van der Waals surface area (Å²) >= 11 is 0. The molecule has 0 saturated heterocycles. The van der Waals surface area contributed by atoms with Crippen molar-refractivity contribution in [2.24, 2.45) is 0 Å². The molecule has 52 valence electrons. The predicted molar refractivity (Wildman–Crippen MR) is 25.3 cm³/mol. The number of rotatable bonds is 1. The van der Waals surface area contributed by atoms with Crippen molar-refractivity contribution in [2.75, 3.05) is 6.66 Å². The van der Waals surface area contributed by atoms with E-state index in [9.17, 15) is 21.0 Å². The van der Waals surface area contributed by atoms with Crippen LogP contribution in [0, 0.1) is 0 Å². The standard InChI is InChI=1S/CH3F5P2/c1-7(2)8(3,4,5)6/h1H3. The van der Waals surface area contributed by atoms with Gasteiger partial charge in [-0.2, -0.15) is 0 Å². The average molecular weight is 172 g/mol. The van der Waals surface area contributed by atoms with Crippen LogP contribution in [0.2, 0.25) is 0 Å². The molecule has 1 atom stereocenters. The number of hydrogen-bond acceptors (Lipinski definition) is 0. The zero-order valence-corrected chi connectivity index (χ0v) is 5.57. The third-order valence-electron chi connectivity index (χ3n) is 0.417. The zero-order valence-electron chi connectivity index (χ0n) is 3.78. The van der Waals surface area contributed by atoms with E-state index >= 15 is 0 Å². The van der Waals surface area contributed by atoms with Gasteiger partial charge in [0.2, 0.25) is 0 Å². The molecule has 0 rings (SSSR count). The van der Waals surface area contributed by atoms with Gasteiger partial charge >= 0.3 is 43.1 Å².